The molecule has 1 aromatic rings. The molecule has 23 heavy (non-hydrogen) atoms. The van der Waals surface area contributed by atoms with Gasteiger partial charge in [-0.3, -0.25) is 9.78 Å². The van der Waals surface area contributed by atoms with Crippen LogP contribution in [0.3, 0.4) is 0 Å². The molecule has 0 spiro atoms. The van der Waals surface area contributed by atoms with Crippen molar-refractivity contribution in [1.29, 1.82) is 0 Å². The lowest BCUT2D eigenvalue weighted by atomic mass is 9.79. The third-order valence-electron chi connectivity index (χ3n) is 3.83. The fourth-order valence-corrected chi connectivity index (χ4v) is 2.59. The smallest absolute Gasteiger partial charge is 0.227 e. The first-order chi connectivity index (χ1) is 8.66. The maximum atomic E-state index is 12.1. The van der Waals surface area contributed by atoms with E-state index in [0.29, 0.717) is 5.92 Å². The van der Waals surface area contributed by atoms with Gasteiger partial charge in [-0.25, -0.2) is 0 Å². The minimum Gasteiger partial charge on any atom is -0.412 e. The largest absolute Gasteiger partial charge is 0.412 e. The average Bonchev–Trinajstić information content (AvgIpc) is 2.40. The maximum Gasteiger partial charge on any atom is 0.227 e. The Kier molecular flexibility index (Phi) is 20.3. The summed E-state index contributed by atoms with van der Waals surface area (Å²) in [5, 5.41) is 2.95. The van der Waals surface area contributed by atoms with Gasteiger partial charge in [-0.05, 0) is 50.7 Å². The van der Waals surface area contributed by atoms with Crippen molar-refractivity contribution in [3.63, 3.8) is 0 Å². The zero-order chi connectivity index (χ0) is 13.0. The first-order valence-corrected chi connectivity index (χ1v) is 6.63. The molecule has 0 bridgehead atoms. The molecule has 0 saturated heterocycles. The number of carbonyl (C=O) groups is 1. The Hall–Kier alpha value is -0.300. The predicted molar refractivity (Wildman–Crippen MR) is 105 cm³/mol. The van der Waals surface area contributed by atoms with E-state index in [0.717, 1.165) is 31.4 Å². The number of nitrogens with one attached hydrogen (secondary N) is 1. The summed E-state index contributed by atoms with van der Waals surface area (Å²) in [5.74, 6) is 0.840. The van der Waals surface area contributed by atoms with Gasteiger partial charge in [-0.15, -0.1) is 49.6 Å². The summed E-state index contributed by atoms with van der Waals surface area (Å²) in [4.78, 5) is 16.0. The van der Waals surface area contributed by atoms with Crippen molar-refractivity contribution in [2.24, 2.45) is 17.6 Å². The lowest BCUT2D eigenvalue weighted by molar-refractivity contribution is -0.121. The highest BCUT2D eigenvalue weighted by molar-refractivity contribution is 5.92. The topological polar surface area (TPSA) is 99.5 Å². The average molecular weight is 411 g/mol. The molecule has 5 N–H and O–H groups in total. The standard InChI is InChI=1S/C14H21N3O.4ClH.H2O/c1-10(15)11-2-4-12(5-3-11)14(18)17-13-6-8-16-9-7-13;;;;;/h6-12H,2-5,15H2,1H3,(H,16,17,18);4*1H;1H2/t10-,11?,12?;;;;;/m1...../s1. The van der Waals surface area contributed by atoms with Crippen LogP contribution in [0.25, 0.3) is 0 Å². The van der Waals surface area contributed by atoms with E-state index in [9.17, 15) is 4.79 Å². The van der Waals surface area contributed by atoms with Crippen LogP contribution in [0.4, 0.5) is 5.69 Å². The molecule has 1 saturated carbocycles. The number of carbonyl (C=O) groups excluding carboxylic acids is 1. The number of hydrogen-bond donors (Lipinski definition) is 2. The van der Waals surface area contributed by atoms with Crippen LogP contribution in [0.1, 0.15) is 32.6 Å². The van der Waals surface area contributed by atoms with Crippen LogP contribution >= 0.6 is 49.6 Å². The lowest BCUT2D eigenvalue weighted by Gasteiger charge is -2.29. The Morgan fingerprint density at radius 3 is 2.04 bits per heavy atom. The van der Waals surface area contributed by atoms with E-state index in [1.54, 1.807) is 12.4 Å². The van der Waals surface area contributed by atoms with Gasteiger partial charge in [-0.2, -0.15) is 0 Å². The number of rotatable bonds is 3. The Labute approximate surface area is 162 Å². The van der Waals surface area contributed by atoms with E-state index in [4.69, 9.17) is 5.73 Å². The molecule has 1 aliphatic rings. The van der Waals surface area contributed by atoms with E-state index in [1.807, 2.05) is 12.1 Å². The third-order valence-corrected chi connectivity index (χ3v) is 3.83. The van der Waals surface area contributed by atoms with Crippen molar-refractivity contribution in [3.05, 3.63) is 24.5 Å². The third kappa shape index (κ3) is 9.55. The van der Waals surface area contributed by atoms with E-state index in [1.165, 1.54) is 0 Å². The summed E-state index contributed by atoms with van der Waals surface area (Å²) < 4.78 is 0. The van der Waals surface area contributed by atoms with Gasteiger partial charge in [0.05, 0.1) is 0 Å². The van der Waals surface area contributed by atoms with Crippen LogP contribution in [-0.2, 0) is 4.79 Å². The highest BCUT2D eigenvalue weighted by Crippen LogP contribution is 2.30. The molecule has 9 heteroatoms. The van der Waals surface area contributed by atoms with Crippen LogP contribution in [0.15, 0.2) is 24.5 Å². The number of aromatic nitrogens is 1. The molecule has 1 amide bonds. The van der Waals surface area contributed by atoms with Gasteiger partial charge < -0.3 is 16.5 Å². The van der Waals surface area contributed by atoms with Gasteiger partial charge in [-0.1, -0.05) is 0 Å². The van der Waals surface area contributed by atoms with Crippen LogP contribution in [0, 0.1) is 11.8 Å². The molecule has 0 aliphatic heterocycles. The molecule has 1 atom stereocenters. The molecule has 1 aromatic heterocycles. The first kappa shape index (κ1) is 30.6. The van der Waals surface area contributed by atoms with Crippen LogP contribution in [-0.4, -0.2) is 22.4 Å². The number of nitrogens with two attached hydrogens (primary N) is 1. The zero-order valence-electron chi connectivity index (χ0n) is 12.9. The van der Waals surface area contributed by atoms with E-state index >= 15 is 0 Å². The quantitative estimate of drug-likeness (QED) is 0.800. The number of amides is 1. The van der Waals surface area contributed by atoms with Gasteiger partial charge in [0.1, 0.15) is 0 Å². The molecule has 1 heterocycles. The van der Waals surface area contributed by atoms with Gasteiger partial charge in [0.15, 0.2) is 0 Å². The minimum atomic E-state index is 0. The number of halogens is 4. The Morgan fingerprint density at radius 2 is 1.61 bits per heavy atom. The highest BCUT2D eigenvalue weighted by atomic mass is 35.5. The van der Waals surface area contributed by atoms with Crippen molar-refractivity contribution < 1.29 is 10.3 Å². The van der Waals surface area contributed by atoms with Crippen LogP contribution in [0.2, 0.25) is 0 Å². The minimum absolute atomic E-state index is 0. The summed E-state index contributed by atoms with van der Waals surface area (Å²) in [6.45, 7) is 2.06. The maximum absolute atomic E-state index is 12.1. The van der Waals surface area contributed by atoms with E-state index in [2.05, 4.69) is 17.2 Å². The SMILES string of the molecule is C[C@@H](N)C1CCC(C(=O)Nc2ccncc2)CC1.Cl.Cl.Cl.Cl.O. The Morgan fingerprint density at radius 1 is 1.13 bits per heavy atom. The molecule has 5 nitrogen and oxygen atoms in total. The van der Waals surface area contributed by atoms with Gasteiger partial charge in [0.25, 0.3) is 0 Å². The number of hydrogen-bond acceptors (Lipinski definition) is 3. The van der Waals surface area contributed by atoms with E-state index in [-0.39, 0.29) is 73.0 Å². The second-order valence-corrected chi connectivity index (χ2v) is 5.20. The monoisotopic (exact) mass is 409 g/mol. The molecule has 1 fully saturated rings. The van der Waals surface area contributed by atoms with Gasteiger partial charge in [0, 0.05) is 30.0 Å². The summed E-state index contributed by atoms with van der Waals surface area (Å²) in [6, 6.07) is 3.87. The normalized spacial score (nSPS) is 19.9. The predicted octanol–water partition coefficient (Wildman–Crippen LogP) is 3.04. The van der Waals surface area contributed by atoms with Crippen molar-refractivity contribution in [3.8, 4) is 0 Å². The van der Waals surface area contributed by atoms with E-state index < -0.39 is 0 Å². The van der Waals surface area contributed by atoms with Crippen LogP contribution in [0.5, 0.6) is 0 Å². The summed E-state index contributed by atoms with van der Waals surface area (Å²) >= 11 is 0. The van der Waals surface area contributed by atoms with Gasteiger partial charge >= 0.3 is 0 Å². The second kappa shape index (κ2) is 15.2. The molecular weight excluding hydrogens is 384 g/mol. The second-order valence-electron chi connectivity index (χ2n) is 5.20. The highest BCUT2D eigenvalue weighted by Gasteiger charge is 2.27. The van der Waals surface area contributed by atoms with Crippen molar-refractivity contribution in [2.45, 2.75) is 38.6 Å². The Balaban J connectivity index is -0.000000361. The fraction of sp³-hybridized carbons (Fsp3) is 0.571. The first-order valence-electron chi connectivity index (χ1n) is 6.63. The number of pyridine rings is 1. The number of anilines is 1. The Bertz CT molecular complexity index is 402. The summed E-state index contributed by atoms with van der Waals surface area (Å²) in [5.41, 5.74) is 6.73. The van der Waals surface area contributed by atoms with Crippen LogP contribution < -0.4 is 11.1 Å². The molecular formula is C14H27Cl4N3O2. The zero-order valence-corrected chi connectivity index (χ0v) is 16.2. The molecule has 0 unspecified atom stereocenters. The summed E-state index contributed by atoms with van der Waals surface area (Å²) in [7, 11) is 0. The molecule has 0 aromatic carbocycles. The summed E-state index contributed by atoms with van der Waals surface area (Å²) in [6.07, 6.45) is 7.38. The molecule has 138 valence electrons. The van der Waals surface area contributed by atoms with Crippen molar-refractivity contribution in [2.75, 3.05) is 5.32 Å². The fourth-order valence-electron chi connectivity index (χ4n) is 2.59. The number of nitrogens with zero attached hydrogens (tertiary/aromatic N) is 1. The molecule has 1 aliphatic carbocycles. The lowest BCUT2D eigenvalue weighted by Crippen LogP contribution is -2.33. The molecule has 2 rings (SSSR count). The van der Waals surface area contributed by atoms with Crippen molar-refractivity contribution >= 4 is 61.2 Å². The molecule has 0 radical (unpaired) electrons. The van der Waals surface area contributed by atoms with Crippen molar-refractivity contribution in [1.82, 2.24) is 4.98 Å². The van der Waals surface area contributed by atoms with Gasteiger partial charge in [0.2, 0.25) is 5.91 Å².